The number of anilines is 1. The van der Waals surface area contributed by atoms with Gasteiger partial charge in [-0.05, 0) is 43.7 Å². The van der Waals surface area contributed by atoms with Gasteiger partial charge in [-0.25, -0.2) is 4.98 Å². The number of rotatable bonds is 4. The molecule has 1 aliphatic carbocycles. The number of nitrogens with one attached hydrogen (secondary N) is 2. The second-order valence-corrected chi connectivity index (χ2v) is 8.62. The number of hydrogen-bond donors (Lipinski definition) is 2. The highest BCUT2D eigenvalue weighted by atomic mass is 32.1. The van der Waals surface area contributed by atoms with Crippen LogP contribution in [-0.2, 0) is 9.59 Å². The smallest absolute Gasteiger partial charge is 0.313 e. The first-order valence-corrected chi connectivity index (χ1v) is 10.5. The third-order valence-electron chi connectivity index (χ3n) is 5.26. The van der Waals surface area contributed by atoms with Gasteiger partial charge in [0.05, 0.1) is 10.7 Å². The molecule has 0 spiro atoms. The second kappa shape index (κ2) is 8.65. The lowest BCUT2D eigenvalue weighted by molar-refractivity contribution is -0.137. The molecule has 27 heavy (non-hydrogen) atoms. The van der Waals surface area contributed by atoms with Crippen molar-refractivity contribution < 1.29 is 9.59 Å². The van der Waals surface area contributed by atoms with Crippen molar-refractivity contribution in [2.24, 2.45) is 11.8 Å². The zero-order valence-corrected chi connectivity index (χ0v) is 16.9. The van der Waals surface area contributed by atoms with E-state index < -0.39 is 11.8 Å². The summed E-state index contributed by atoms with van der Waals surface area (Å²) in [6.45, 7) is 6.33. The lowest BCUT2D eigenvalue weighted by Crippen LogP contribution is -2.47. The monoisotopic (exact) mass is 385 g/mol. The Labute approximate surface area is 164 Å². The largest absolute Gasteiger partial charge is 0.345 e. The number of aryl methyl sites for hydroxylation is 1. The van der Waals surface area contributed by atoms with Crippen molar-refractivity contribution in [3.05, 3.63) is 34.7 Å². The number of carbonyl (C=O) groups excluding carboxylic acids is 2. The van der Waals surface area contributed by atoms with Gasteiger partial charge in [-0.15, -0.1) is 11.3 Å². The van der Waals surface area contributed by atoms with Gasteiger partial charge in [0, 0.05) is 22.7 Å². The second-order valence-electron chi connectivity index (χ2n) is 7.56. The summed E-state index contributed by atoms with van der Waals surface area (Å²) < 4.78 is 0. The van der Waals surface area contributed by atoms with Crippen LogP contribution in [0.2, 0.25) is 0 Å². The molecule has 1 aromatic heterocycles. The summed E-state index contributed by atoms with van der Waals surface area (Å²) >= 11 is 1.60. The number of amides is 2. The molecule has 2 unspecified atom stereocenters. The maximum atomic E-state index is 12.3. The Balaban J connectivity index is 1.58. The van der Waals surface area contributed by atoms with Crippen molar-refractivity contribution in [3.63, 3.8) is 0 Å². The molecule has 1 heterocycles. The molecule has 144 valence electrons. The summed E-state index contributed by atoms with van der Waals surface area (Å²) in [6, 6.07) is 7.49. The number of benzene rings is 1. The molecule has 5 nitrogen and oxygen atoms in total. The molecule has 3 rings (SSSR count). The van der Waals surface area contributed by atoms with Crippen molar-refractivity contribution in [1.82, 2.24) is 10.3 Å². The fourth-order valence-electron chi connectivity index (χ4n) is 3.78. The van der Waals surface area contributed by atoms with E-state index >= 15 is 0 Å². The molecular weight excluding hydrogens is 358 g/mol. The Hall–Kier alpha value is -2.21. The highest BCUT2D eigenvalue weighted by molar-refractivity contribution is 7.09. The number of hydrogen-bond acceptors (Lipinski definition) is 4. The Morgan fingerprint density at radius 3 is 2.44 bits per heavy atom. The van der Waals surface area contributed by atoms with Crippen LogP contribution in [-0.4, -0.2) is 22.8 Å². The topological polar surface area (TPSA) is 71.1 Å². The fourth-order valence-corrected chi connectivity index (χ4v) is 4.40. The number of nitrogens with zero attached hydrogens (tertiary/aromatic N) is 1. The minimum atomic E-state index is -0.611. The number of aromatic nitrogens is 1. The van der Waals surface area contributed by atoms with Crippen molar-refractivity contribution in [2.45, 2.75) is 52.5 Å². The predicted molar refractivity (Wildman–Crippen MR) is 110 cm³/mol. The van der Waals surface area contributed by atoms with Crippen molar-refractivity contribution in [3.8, 4) is 11.3 Å². The van der Waals surface area contributed by atoms with Crippen molar-refractivity contribution >= 4 is 28.8 Å². The molecule has 0 bridgehead atoms. The van der Waals surface area contributed by atoms with Crippen LogP contribution < -0.4 is 10.6 Å². The Bertz CT molecular complexity index is 798. The Kier molecular flexibility index (Phi) is 6.26. The van der Waals surface area contributed by atoms with Gasteiger partial charge in [-0.3, -0.25) is 9.59 Å². The van der Waals surface area contributed by atoms with Crippen LogP contribution in [0.4, 0.5) is 5.69 Å². The van der Waals surface area contributed by atoms with E-state index in [1.165, 1.54) is 6.42 Å². The maximum Gasteiger partial charge on any atom is 0.313 e. The van der Waals surface area contributed by atoms with Gasteiger partial charge in [0.1, 0.15) is 0 Å². The normalized spacial score (nSPS) is 19.7. The molecule has 1 aromatic carbocycles. The first-order valence-electron chi connectivity index (χ1n) is 9.58. The maximum absolute atomic E-state index is 12.3. The highest BCUT2D eigenvalue weighted by Crippen LogP contribution is 2.30. The van der Waals surface area contributed by atoms with Crippen LogP contribution in [0.15, 0.2) is 29.6 Å². The summed E-state index contributed by atoms with van der Waals surface area (Å²) in [5.41, 5.74) is 2.52. The molecule has 2 amide bonds. The van der Waals surface area contributed by atoms with E-state index in [0.29, 0.717) is 17.5 Å². The van der Waals surface area contributed by atoms with E-state index in [9.17, 15) is 9.59 Å². The molecule has 0 saturated heterocycles. The summed E-state index contributed by atoms with van der Waals surface area (Å²) in [5.74, 6) is -0.219. The predicted octanol–water partition coefficient (Wildman–Crippen LogP) is 4.39. The van der Waals surface area contributed by atoms with Gasteiger partial charge in [-0.1, -0.05) is 38.8 Å². The van der Waals surface area contributed by atoms with E-state index in [0.717, 1.165) is 35.5 Å². The van der Waals surface area contributed by atoms with E-state index in [4.69, 9.17) is 0 Å². The molecule has 2 atom stereocenters. The Morgan fingerprint density at radius 2 is 1.81 bits per heavy atom. The van der Waals surface area contributed by atoms with Crippen LogP contribution >= 0.6 is 11.3 Å². The van der Waals surface area contributed by atoms with Gasteiger partial charge in [0.15, 0.2) is 0 Å². The van der Waals surface area contributed by atoms with Crippen molar-refractivity contribution in [2.75, 3.05) is 5.32 Å². The van der Waals surface area contributed by atoms with Gasteiger partial charge in [0.25, 0.3) is 0 Å². The molecule has 0 radical (unpaired) electrons. The average molecular weight is 386 g/mol. The zero-order chi connectivity index (χ0) is 19.4. The first-order chi connectivity index (χ1) is 12.9. The Morgan fingerprint density at radius 1 is 1.11 bits per heavy atom. The standard InChI is InChI=1S/C21H27N3O2S/c1-13(2)17-6-4-5-7-18(17)24-21(26)20(25)23-16-10-8-15(9-11-16)19-12-27-14(3)22-19/h8-13,17-18H,4-7H2,1-3H3,(H,23,25)(H,24,26). The third-order valence-corrected chi connectivity index (χ3v) is 6.03. The molecule has 6 heteroatoms. The van der Waals surface area contributed by atoms with E-state index in [2.05, 4.69) is 29.5 Å². The SMILES string of the molecule is Cc1nc(-c2ccc(NC(=O)C(=O)NC3CCCCC3C(C)C)cc2)cs1. The van der Waals surface area contributed by atoms with Crippen LogP contribution in [0.25, 0.3) is 11.3 Å². The molecule has 1 saturated carbocycles. The van der Waals surface area contributed by atoms with Gasteiger partial charge >= 0.3 is 11.8 Å². The number of thiazole rings is 1. The molecule has 0 aliphatic heterocycles. The number of carbonyl (C=O) groups is 2. The summed E-state index contributed by atoms with van der Waals surface area (Å²) in [6.07, 6.45) is 4.37. The molecule has 2 aromatic rings. The molecule has 2 N–H and O–H groups in total. The van der Waals surface area contributed by atoms with Crippen molar-refractivity contribution in [1.29, 1.82) is 0 Å². The van der Waals surface area contributed by atoms with Crippen LogP contribution in [0.5, 0.6) is 0 Å². The lowest BCUT2D eigenvalue weighted by Gasteiger charge is -2.34. The van der Waals surface area contributed by atoms with Gasteiger partial charge in [0.2, 0.25) is 0 Å². The fraction of sp³-hybridized carbons (Fsp3) is 0.476. The molecular formula is C21H27N3O2S. The minimum absolute atomic E-state index is 0.0901. The summed E-state index contributed by atoms with van der Waals surface area (Å²) in [4.78, 5) is 29.1. The van der Waals surface area contributed by atoms with Gasteiger partial charge in [-0.2, -0.15) is 0 Å². The summed E-state index contributed by atoms with van der Waals surface area (Å²) in [5, 5.41) is 8.66. The quantitative estimate of drug-likeness (QED) is 0.767. The highest BCUT2D eigenvalue weighted by Gasteiger charge is 2.30. The average Bonchev–Trinajstić information content (AvgIpc) is 3.09. The van der Waals surface area contributed by atoms with Crippen LogP contribution in [0.3, 0.4) is 0 Å². The van der Waals surface area contributed by atoms with Crippen LogP contribution in [0, 0.1) is 18.8 Å². The molecule has 1 fully saturated rings. The third kappa shape index (κ3) is 4.95. The van der Waals surface area contributed by atoms with Crippen LogP contribution in [0.1, 0.15) is 44.5 Å². The summed E-state index contributed by atoms with van der Waals surface area (Å²) in [7, 11) is 0. The molecule has 1 aliphatic rings. The minimum Gasteiger partial charge on any atom is -0.345 e. The first kappa shape index (κ1) is 19.5. The zero-order valence-electron chi connectivity index (χ0n) is 16.1. The van der Waals surface area contributed by atoms with Gasteiger partial charge < -0.3 is 10.6 Å². The van der Waals surface area contributed by atoms with E-state index in [1.807, 2.05) is 24.4 Å². The van der Waals surface area contributed by atoms with E-state index in [1.54, 1.807) is 23.5 Å². The van der Waals surface area contributed by atoms with E-state index in [-0.39, 0.29) is 6.04 Å². The lowest BCUT2D eigenvalue weighted by atomic mass is 9.78.